The quantitative estimate of drug-likeness (QED) is 0.880. The van der Waals surface area contributed by atoms with Gasteiger partial charge in [0.05, 0.1) is 6.20 Å². The zero-order valence-corrected chi connectivity index (χ0v) is 14.1. The van der Waals surface area contributed by atoms with Crippen LogP contribution in [0.25, 0.3) is 0 Å². The summed E-state index contributed by atoms with van der Waals surface area (Å²) in [7, 11) is 5.49. The van der Waals surface area contributed by atoms with Crippen LogP contribution in [0.3, 0.4) is 0 Å². The van der Waals surface area contributed by atoms with E-state index >= 15 is 0 Å². The number of rotatable bonds is 6. The van der Waals surface area contributed by atoms with E-state index in [1.54, 1.807) is 34.2 Å². The highest BCUT2D eigenvalue weighted by atomic mass is 35.5. The van der Waals surface area contributed by atoms with Crippen molar-refractivity contribution >= 4 is 29.7 Å². The summed E-state index contributed by atoms with van der Waals surface area (Å²) in [6.45, 7) is 0.720. The standard InChI is InChI=1S/C14H20N4OS.ClH/c1-15-13(11-9-16-18(3)10-11)14(19)17(2)7-6-12-5-4-8-20-12;/h4-5,8-10,13,15H,6-7H2,1-3H3;1H. The topological polar surface area (TPSA) is 50.2 Å². The molecule has 116 valence electrons. The summed E-state index contributed by atoms with van der Waals surface area (Å²) in [4.78, 5) is 15.5. The highest BCUT2D eigenvalue weighted by Crippen LogP contribution is 2.15. The highest BCUT2D eigenvalue weighted by molar-refractivity contribution is 7.09. The average Bonchev–Trinajstić information content (AvgIpc) is 3.08. The summed E-state index contributed by atoms with van der Waals surface area (Å²) in [5, 5.41) is 9.24. The molecule has 1 amide bonds. The summed E-state index contributed by atoms with van der Waals surface area (Å²) in [6, 6.07) is 3.80. The molecule has 0 aliphatic carbocycles. The van der Waals surface area contributed by atoms with Crippen molar-refractivity contribution in [2.24, 2.45) is 7.05 Å². The SMILES string of the molecule is CNC(C(=O)N(C)CCc1cccs1)c1cnn(C)c1.Cl. The largest absolute Gasteiger partial charge is 0.344 e. The molecule has 0 bridgehead atoms. The molecule has 7 heteroatoms. The minimum Gasteiger partial charge on any atom is -0.344 e. The van der Waals surface area contributed by atoms with E-state index in [0.717, 1.165) is 18.5 Å². The number of thiophene rings is 1. The Kier molecular flexibility index (Phi) is 6.87. The third-order valence-electron chi connectivity index (χ3n) is 3.24. The predicted octanol–water partition coefficient (Wildman–Crippen LogP) is 1.86. The van der Waals surface area contributed by atoms with Gasteiger partial charge in [-0.3, -0.25) is 9.48 Å². The number of carbonyl (C=O) groups excluding carboxylic acids is 1. The van der Waals surface area contributed by atoms with Gasteiger partial charge in [-0.25, -0.2) is 0 Å². The Morgan fingerprint density at radius 1 is 1.57 bits per heavy atom. The molecule has 2 aromatic heterocycles. The van der Waals surface area contributed by atoms with E-state index in [1.807, 2.05) is 26.4 Å². The van der Waals surface area contributed by atoms with Crippen molar-refractivity contribution in [1.82, 2.24) is 20.0 Å². The minimum atomic E-state index is -0.336. The third-order valence-corrected chi connectivity index (χ3v) is 4.18. The Bertz CT molecular complexity index is 555. The first-order chi connectivity index (χ1) is 9.61. The lowest BCUT2D eigenvalue weighted by atomic mass is 10.1. The molecule has 1 atom stereocenters. The van der Waals surface area contributed by atoms with E-state index < -0.39 is 0 Å². The lowest BCUT2D eigenvalue weighted by Gasteiger charge is -2.22. The summed E-state index contributed by atoms with van der Waals surface area (Å²) < 4.78 is 1.71. The maximum Gasteiger partial charge on any atom is 0.244 e. The van der Waals surface area contributed by atoms with Gasteiger partial charge < -0.3 is 10.2 Å². The van der Waals surface area contributed by atoms with Gasteiger partial charge in [-0.2, -0.15) is 5.10 Å². The van der Waals surface area contributed by atoms with E-state index in [-0.39, 0.29) is 24.4 Å². The lowest BCUT2D eigenvalue weighted by molar-refractivity contribution is -0.132. The first-order valence-electron chi connectivity index (χ1n) is 6.55. The van der Waals surface area contributed by atoms with Crippen molar-refractivity contribution in [2.75, 3.05) is 20.6 Å². The molecule has 1 unspecified atom stereocenters. The van der Waals surface area contributed by atoms with Gasteiger partial charge in [0.1, 0.15) is 6.04 Å². The van der Waals surface area contributed by atoms with E-state index in [2.05, 4.69) is 21.9 Å². The Labute approximate surface area is 135 Å². The second-order valence-corrected chi connectivity index (χ2v) is 5.79. The van der Waals surface area contributed by atoms with E-state index in [9.17, 15) is 4.79 Å². The third kappa shape index (κ3) is 4.56. The molecule has 1 N–H and O–H groups in total. The monoisotopic (exact) mass is 328 g/mol. The van der Waals surface area contributed by atoms with Crippen LogP contribution in [0, 0.1) is 0 Å². The van der Waals surface area contributed by atoms with Crippen LogP contribution in [0.15, 0.2) is 29.9 Å². The number of aromatic nitrogens is 2. The van der Waals surface area contributed by atoms with Crippen LogP contribution in [-0.2, 0) is 18.3 Å². The summed E-state index contributed by atoms with van der Waals surface area (Å²) >= 11 is 1.72. The molecule has 0 aliphatic rings. The number of likely N-dealkylation sites (N-methyl/N-ethyl adjacent to an activating group) is 2. The fourth-order valence-corrected chi connectivity index (χ4v) is 2.78. The van der Waals surface area contributed by atoms with Crippen LogP contribution in [0.1, 0.15) is 16.5 Å². The van der Waals surface area contributed by atoms with Gasteiger partial charge in [-0.1, -0.05) is 6.07 Å². The number of aryl methyl sites for hydroxylation is 1. The summed E-state index contributed by atoms with van der Waals surface area (Å²) in [6.07, 6.45) is 4.49. The minimum absolute atomic E-state index is 0. The Balaban J connectivity index is 0.00000220. The smallest absolute Gasteiger partial charge is 0.244 e. The van der Waals surface area contributed by atoms with Gasteiger partial charge >= 0.3 is 0 Å². The van der Waals surface area contributed by atoms with Gasteiger partial charge in [0.2, 0.25) is 5.91 Å². The molecule has 0 radical (unpaired) electrons. The number of hydrogen-bond acceptors (Lipinski definition) is 4. The number of nitrogens with one attached hydrogen (secondary N) is 1. The van der Waals surface area contributed by atoms with Crippen molar-refractivity contribution in [3.05, 3.63) is 40.3 Å². The molecule has 2 rings (SSSR count). The Morgan fingerprint density at radius 2 is 2.33 bits per heavy atom. The molecule has 2 aromatic rings. The molecule has 0 saturated carbocycles. The molecular formula is C14H21ClN4OS. The second kappa shape index (κ2) is 8.17. The maximum atomic E-state index is 12.5. The van der Waals surface area contributed by atoms with Gasteiger partial charge in [-0.05, 0) is 24.9 Å². The fourth-order valence-electron chi connectivity index (χ4n) is 2.09. The number of carbonyl (C=O) groups is 1. The van der Waals surface area contributed by atoms with Gasteiger partial charge in [0, 0.05) is 37.3 Å². The molecule has 0 fully saturated rings. The molecule has 0 aromatic carbocycles. The molecule has 5 nitrogen and oxygen atoms in total. The van der Waals surface area contributed by atoms with Crippen molar-refractivity contribution in [2.45, 2.75) is 12.5 Å². The summed E-state index contributed by atoms with van der Waals surface area (Å²) in [5.74, 6) is 0.0667. The first-order valence-corrected chi connectivity index (χ1v) is 7.43. The first kappa shape index (κ1) is 17.7. The number of halogens is 1. The van der Waals surface area contributed by atoms with E-state index in [1.165, 1.54) is 4.88 Å². The highest BCUT2D eigenvalue weighted by Gasteiger charge is 2.23. The van der Waals surface area contributed by atoms with Crippen molar-refractivity contribution < 1.29 is 4.79 Å². The Hall–Kier alpha value is -1.37. The molecule has 21 heavy (non-hydrogen) atoms. The predicted molar refractivity (Wildman–Crippen MR) is 87.9 cm³/mol. The fraction of sp³-hybridized carbons (Fsp3) is 0.429. The number of nitrogens with zero attached hydrogens (tertiary/aromatic N) is 3. The number of amides is 1. The van der Waals surface area contributed by atoms with Crippen LogP contribution >= 0.6 is 23.7 Å². The maximum absolute atomic E-state index is 12.5. The molecule has 0 spiro atoms. The van der Waals surface area contributed by atoms with Crippen LogP contribution in [0.2, 0.25) is 0 Å². The molecule has 0 saturated heterocycles. The van der Waals surface area contributed by atoms with Crippen LogP contribution in [-0.4, -0.2) is 41.2 Å². The Morgan fingerprint density at radius 3 is 2.86 bits per heavy atom. The number of hydrogen-bond donors (Lipinski definition) is 1. The zero-order chi connectivity index (χ0) is 14.5. The van der Waals surface area contributed by atoms with Crippen molar-refractivity contribution in [1.29, 1.82) is 0 Å². The average molecular weight is 329 g/mol. The van der Waals surface area contributed by atoms with Gasteiger partial charge in [-0.15, -0.1) is 23.7 Å². The lowest BCUT2D eigenvalue weighted by Crippen LogP contribution is -2.38. The molecule has 0 aliphatic heterocycles. The van der Waals surface area contributed by atoms with E-state index in [0.29, 0.717) is 0 Å². The van der Waals surface area contributed by atoms with E-state index in [4.69, 9.17) is 0 Å². The van der Waals surface area contributed by atoms with Crippen LogP contribution < -0.4 is 5.32 Å². The summed E-state index contributed by atoms with van der Waals surface area (Å²) in [5.41, 5.74) is 0.892. The van der Waals surface area contributed by atoms with Crippen LogP contribution in [0.5, 0.6) is 0 Å². The van der Waals surface area contributed by atoms with Crippen molar-refractivity contribution in [3.63, 3.8) is 0 Å². The van der Waals surface area contributed by atoms with Gasteiger partial charge in [0.15, 0.2) is 0 Å². The normalized spacial score (nSPS) is 11.8. The van der Waals surface area contributed by atoms with Gasteiger partial charge in [0.25, 0.3) is 0 Å². The second-order valence-electron chi connectivity index (χ2n) is 4.76. The van der Waals surface area contributed by atoms with Crippen LogP contribution in [0.4, 0.5) is 0 Å². The molecular weight excluding hydrogens is 308 g/mol. The molecule has 2 heterocycles. The zero-order valence-electron chi connectivity index (χ0n) is 12.4. The van der Waals surface area contributed by atoms with Crippen molar-refractivity contribution in [3.8, 4) is 0 Å².